The molecule has 0 unspecified atom stereocenters. The van der Waals surface area contributed by atoms with Crippen molar-refractivity contribution >= 4 is 46.7 Å². The molecule has 2 aliphatic rings. The van der Waals surface area contributed by atoms with Gasteiger partial charge in [-0.3, -0.25) is 0 Å². The van der Waals surface area contributed by atoms with Gasteiger partial charge in [-0.1, -0.05) is 23.1 Å². The fraction of sp³-hybridized carbons (Fsp3) is 0.429. The van der Waals surface area contributed by atoms with Gasteiger partial charge in [0.15, 0.2) is 0 Å². The molecule has 0 atom stereocenters. The highest BCUT2D eigenvalue weighted by molar-refractivity contribution is 7.89. The molecule has 0 aromatic heterocycles. The van der Waals surface area contributed by atoms with Gasteiger partial charge >= 0.3 is 12.4 Å². The van der Waals surface area contributed by atoms with E-state index in [1.165, 1.54) is 15.7 Å². The predicted molar refractivity (Wildman–Crippen MR) is 130 cm³/mol. The van der Waals surface area contributed by atoms with E-state index in [1.807, 2.05) is 0 Å². The maximum atomic E-state index is 13.4. The second-order valence-corrected chi connectivity index (χ2v) is 13.0. The first-order chi connectivity index (χ1) is 17.4. The van der Waals surface area contributed by atoms with Crippen molar-refractivity contribution in [2.75, 3.05) is 26.2 Å². The SMILES string of the molecule is Bc1ccc(S(=O)(=O)N2CCC3(CC2)OCCN3S(=O)(=O)c2ccc(B)c(C(F)(F)F)c2)cc1C(F)(F)F. The third kappa shape index (κ3) is 5.10. The summed E-state index contributed by atoms with van der Waals surface area (Å²) in [4.78, 5) is -1.13. The van der Waals surface area contributed by atoms with Crippen LogP contribution in [0.15, 0.2) is 46.2 Å². The number of hydrogen-bond acceptors (Lipinski definition) is 5. The molecular formula is C21H22B2F6N2O5S2. The van der Waals surface area contributed by atoms with Gasteiger partial charge in [-0.15, -0.1) is 0 Å². The summed E-state index contributed by atoms with van der Waals surface area (Å²) in [7, 11) is -6.40. The molecular weight excluding hydrogens is 560 g/mol. The second-order valence-electron chi connectivity index (χ2n) is 9.22. The molecule has 2 saturated heterocycles. The zero-order valence-electron chi connectivity index (χ0n) is 20.2. The number of halogens is 6. The molecule has 2 aromatic rings. The molecule has 0 N–H and O–H groups in total. The molecule has 7 nitrogen and oxygen atoms in total. The first-order valence-electron chi connectivity index (χ1n) is 11.4. The molecule has 38 heavy (non-hydrogen) atoms. The number of hydrogen-bond donors (Lipinski definition) is 0. The van der Waals surface area contributed by atoms with E-state index >= 15 is 0 Å². The fourth-order valence-electron chi connectivity index (χ4n) is 4.81. The van der Waals surface area contributed by atoms with Crippen molar-refractivity contribution in [1.82, 2.24) is 8.61 Å². The number of ether oxygens (including phenoxy) is 1. The van der Waals surface area contributed by atoms with Crippen molar-refractivity contribution < 1.29 is 47.9 Å². The molecule has 4 rings (SSSR count). The van der Waals surface area contributed by atoms with E-state index in [-0.39, 0.29) is 50.0 Å². The van der Waals surface area contributed by atoms with Gasteiger partial charge in [-0.25, -0.2) is 16.8 Å². The zero-order chi connectivity index (χ0) is 28.3. The normalized spacial score (nSPS) is 19.7. The number of benzene rings is 2. The van der Waals surface area contributed by atoms with Crippen LogP contribution < -0.4 is 10.9 Å². The smallest absolute Gasteiger partial charge is 0.358 e. The number of piperidine rings is 1. The minimum absolute atomic E-state index is 0.0587. The number of alkyl halides is 6. The van der Waals surface area contributed by atoms with Crippen molar-refractivity contribution in [2.24, 2.45) is 0 Å². The summed E-state index contributed by atoms with van der Waals surface area (Å²) >= 11 is 0. The Balaban J connectivity index is 1.60. The first-order valence-corrected chi connectivity index (χ1v) is 14.3. The van der Waals surface area contributed by atoms with Crippen molar-refractivity contribution in [2.45, 2.75) is 40.7 Å². The third-order valence-corrected chi connectivity index (χ3v) is 10.7. The van der Waals surface area contributed by atoms with E-state index in [4.69, 9.17) is 4.74 Å². The summed E-state index contributed by atoms with van der Waals surface area (Å²) in [6.45, 7) is -0.759. The van der Waals surface area contributed by atoms with Crippen LogP contribution in [0.25, 0.3) is 0 Å². The van der Waals surface area contributed by atoms with Crippen molar-refractivity contribution in [3.05, 3.63) is 47.5 Å². The van der Waals surface area contributed by atoms with E-state index in [0.29, 0.717) is 12.1 Å². The van der Waals surface area contributed by atoms with E-state index in [9.17, 15) is 43.2 Å². The Bertz CT molecular complexity index is 1460. The Morgan fingerprint density at radius 1 is 0.737 bits per heavy atom. The Morgan fingerprint density at radius 2 is 1.18 bits per heavy atom. The molecule has 2 heterocycles. The summed E-state index contributed by atoms with van der Waals surface area (Å²) in [5, 5.41) is 0. The number of nitrogens with zero attached hydrogens (tertiary/aromatic N) is 2. The van der Waals surface area contributed by atoms with Crippen LogP contribution >= 0.6 is 0 Å². The monoisotopic (exact) mass is 582 g/mol. The lowest BCUT2D eigenvalue weighted by Gasteiger charge is -2.42. The molecule has 0 aliphatic carbocycles. The van der Waals surface area contributed by atoms with Crippen LogP contribution in [0.1, 0.15) is 24.0 Å². The second kappa shape index (κ2) is 9.54. The van der Waals surface area contributed by atoms with Crippen LogP contribution in [0.5, 0.6) is 0 Å². The standard InChI is InChI=1S/C21H22B2F6N2O5S2/c22-17-3-1-13(11-15(17)20(24,25)26)37(32,33)30-7-5-19(6-8-30)31(9-10-36-19)38(34,35)14-2-4-18(23)16(12-14)21(27,28)29/h1-4,11-12H,5-10,22-23H2. The molecule has 2 aliphatic heterocycles. The quantitative estimate of drug-likeness (QED) is 0.387. The van der Waals surface area contributed by atoms with Gasteiger partial charge in [-0.2, -0.15) is 35.0 Å². The lowest BCUT2D eigenvalue weighted by molar-refractivity contribution is -0.137. The van der Waals surface area contributed by atoms with Gasteiger partial charge < -0.3 is 4.74 Å². The van der Waals surface area contributed by atoms with E-state index in [1.54, 1.807) is 0 Å². The summed E-state index contributed by atoms with van der Waals surface area (Å²) < 4.78 is 141. The molecule has 17 heteroatoms. The van der Waals surface area contributed by atoms with Crippen molar-refractivity contribution in [1.29, 1.82) is 0 Å². The first kappa shape index (κ1) is 28.9. The topological polar surface area (TPSA) is 84.0 Å². The average Bonchev–Trinajstić information content (AvgIpc) is 3.21. The largest absolute Gasteiger partial charge is 0.415 e. The maximum Gasteiger partial charge on any atom is 0.415 e. The Hall–Kier alpha value is -2.07. The molecule has 1 spiro atoms. The van der Waals surface area contributed by atoms with Crippen LogP contribution in [0, 0.1) is 0 Å². The maximum absolute atomic E-state index is 13.4. The van der Waals surface area contributed by atoms with Gasteiger partial charge in [0.2, 0.25) is 20.0 Å². The van der Waals surface area contributed by atoms with E-state index in [0.717, 1.165) is 32.9 Å². The van der Waals surface area contributed by atoms with Crippen LogP contribution in [0.4, 0.5) is 26.3 Å². The molecule has 206 valence electrons. The van der Waals surface area contributed by atoms with Gasteiger partial charge in [0.25, 0.3) is 0 Å². The average molecular weight is 582 g/mol. The molecule has 2 fully saturated rings. The Labute approximate surface area is 217 Å². The lowest BCUT2D eigenvalue weighted by atomic mass is 9.90. The summed E-state index contributed by atoms with van der Waals surface area (Å²) in [5.41, 5.74) is -3.96. The minimum Gasteiger partial charge on any atom is -0.358 e. The van der Waals surface area contributed by atoms with Crippen molar-refractivity contribution in [3.8, 4) is 0 Å². The highest BCUT2D eigenvalue weighted by atomic mass is 32.2. The van der Waals surface area contributed by atoms with Crippen molar-refractivity contribution in [3.63, 3.8) is 0 Å². The van der Waals surface area contributed by atoms with Gasteiger partial charge in [-0.05, 0) is 24.3 Å². The van der Waals surface area contributed by atoms with Crippen LogP contribution in [0.3, 0.4) is 0 Å². The Kier molecular flexibility index (Phi) is 7.26. The minimum atomic E-state index is -4.77. The molecule has 0 bridgehead atoms. The van der Waals surface area contributed by atoms with Gasteiger partial charge in [0.1, 0.15) is 21.4 Å². The van der Waals surface area contributed by atoms with Crippen LogP contribution in [-0.2, 0) is 37.1 Å². The summed E-state index contributed by atoms with van der Waals surface area (Å²) in [5.74, 6) is 0. The number of rotatable bonds is 4. The van der Waals surface area contributed by atoms with Crippen LogP contribution in [-0.4, -0.2) is 73.1 Å². The third-order valence-electron chi connectivity index (χ3n) is 6.88. The molecule has 0 radical (unpaired) electrons. The molecule has 0 amide bonds. The van der Waals surface area contributed by atoms with Gasteiger partial charge in [0, 0.05) is 32.5 Å². The fourth-order valence-corrected chi connectivity index (χ4v) is 8.03. The van der Waals surface area contributed by atoms with Gasteiger partial charge in [0.05, 0.1) is 27.5 Å². The highest BCUT2D eigenvalue weighted by Gasteiger charge is 2.52. The molecule has 0 saturated carbocycles. The number of sulfonamides is 2. The summed E-state index contributed by atoms with van der Waals surface area (Å²) in [6, 6.07) is 5.39. The Morgan fingerprint density at radius 3 is 1.63 bits per heavy atom. The van der Waals surface area contributed by atoms with E-state index < -0.39 is 59.0 Å². The predicted octanol–water partition coefficient (Wildman–Crippen LogP) is 0.443. The van der Waals surface area contributed by atoms with Crippen LogP contribution in [0.2, 0.25) is 0 Å². The zero-order valence-corrected chi connectivity index (χ0v) is 21.9. The lowest BCUT2D eigenvalue weighted by Crippen LogP contribution is -2.55. The highest BCUT2D eigenvalue weighted by Crippen LogP contribution is 2.40. The molecule has 2 aromatic carbocycles. The van der Waals surface area contributed by atoms with E-state index in [2.05, 4.69) is 0 Å². The summed E-state index contributed by atoms with van der Waals surface area (Å²) in [6.07, 6.45) is -9.85.